The Kier molecular flexibility index (Phi) is 5.95. The number of nitrogens with one attached hydrogen (secondary N) is 1. The average molecular weight is 232 g/mol. The summed E-state index contributed by atoms with van der Waals surface area (Å²) in [5.74, 6) is 0. The summed E-state index contributed by atoms with van der Waals surface area (Å²) >= 11 is 0. The van der Waals surface area contributed by atoms with E-state index < -0.39 is 0 Å². The van der Waals surface area contributed by atoms with E-state index in [9.17, 15) is 0 Å². The first kappa shape index (κ1) is 13.9. The molecule has 0 radical (unpaired) electrons. The van der Waals surface area contributed by atoms with Gasteiger partial charge in [-0.2, -0.15) is 0 Å². The minimum Gasteiger partial charge on any atom is -0.258 e. The van der Waals surface area contributed by atoms with Crippen LogP contribution in [0.2, 0.25) is 0 Å². The van der Waals surface area contributed by atoms with E-state index >= 15 is 0 Å². The third kappa shape index (κ3) is 3.99. The second-order valence-corrected chi connectivity index (χ2v) is 4.27. The van der Waals surface area contributed by atoms with Crippen LogP contribution in [0.15, 0.2) is 30.8 Å². The minimum absolute atomic E-state index is 0.590. The number of hydrogen-bond donors (Lipinski definition) is 1. The lowest BCUT2D eigenvalue weighted by Crippen LogP contribution is -2.42. The van der Waals surface area contributed by atoms with Gasteiger partial charge in [-0.05, 0) is 31.0 Å². The Bertz CT molecular complexity index is 343. The lowest BCUT2D eigenvalue weighted by atomic mass is 10.1. The molecule has 0 fully saturated rings. The molecule has 0 saturated heterocycles. The van der Waals surface area contributed by atoms with Crippen LogP contribution < -0.4 is 5.43 Å². The predicted octanol–water partition coefficient (Wildman–Crippen LogP) is 3.45. The molecule has 0 bridgehead atoms. The highest BCUT2D eigenvalue weighted by atomic mass is 15.5. The highest BCUT2D eigenvalue weighted by Crippen LogP contribution is 2.13. The number of rotatable bonds is 7. The molecule has 94 valence electrons. The van der Waals surface area contributed by atoms with Crippen molar-refractivity contribution in [1.29, 1.82) is 0 Å². The van der Waals surface area contributed by atoms with Gasteiger partial charge in [0.2, 0.25) is 0 Å². The molecule has 0 aliphatic heterocycles. The fourth-order valence-electron chi connectivity index (χ4n) is 2.14. The average Bonchev–Trinajstić information content (AvgIpc) is 2.39. The predicted molar refractivity (Wildman–Crippen MR) is 75.5 cm³/mol. The summed E-state index contributed by atoms with van der Waals surface area (Å²) < 4.78 is 0. The summed E-state index contributed by atoms with van der Waals surface area (Å²) in [6, 6.07) is 9.12. The Morgan fingerprint density at radius 1 is 1.35 bits per heavy atom. The largest absolute Gasteiger partial charge is 0.258 e. The van der Waals surface area contributed by atoms with E-state index in [1.807, 2.05) is 13.1 Å². The van der Waals surface area contributed by atoms with Crippen LogP contribution in [0.5, 0.6) is 0 Å². The molecule has 0 saturated carbocycles. The van der Waals surface area contributed by atoms with Crippen LogP contribution in [0.25, 0.3) is 6.08 Å². The van der Waals surface area contributed by atoms with Crippen LogP contribution in [0.1, 0.15) is 37.8 Å². The molecule has 0 heterocycles. The quantitative estimate of drug-likeness (QED) is 0.724. The SMILES string of the molecule is C=Cc1cccc(CN(NC)C(CC)CC)c1. The Labute approximate surface area is 105 Å². The monoisotopic (exact) mass is 232 g/mol. The molecule has 0 aliphatic carbocycles. The van der Waals surface area contributed by atoms with Crippen molar-refractivity contribution in [3.8, 4) is 0 Å². The first-order valence-corrected chi connectivity index (χ1v) is 6.40. The normalized spacial score (nSPS) is 11.1. The minimum atomic E-state index is 0.590. The Balaban J connectivity index is 2.75. The van der Waals surface area contributed by atoms with Crippen molar-refractivity contribution >= 4 is 6.08 Å². The standard InChI is InChI=1S/C15H24N2/c1-5-13-9-8-10-14(11-13)12-17(16-4)15(6-2)7-3/h5,8-11,15-16H,1,6-7,12H2,2-4H3. The molecular formula is C15H24N2. The Hall–Kier alpha value is -1.12. The first-order valence-electron chi connectivity index (χ1n) is 6.40. The van der Waals surface area contributed by atoms with E-state index in [1.54, 1.807) is 0 Å². The molecule has 1 aromatic carbocycles. The third-order valence-electron chi connectivity index (χ3n) is 3.21. The molecule has 17 heavy (non-hydrogen) atoms. The van der Waals surface area contributed by atoms with Gasteiger partial charge in [0.15, 0.2) is 0 Å². The second kappa shape index (κ2) is 7.25. The maximum absolute atomic E-state index is 3.81. The van der Waals surface area contributed by atoms with Gasteiger partial charge in [-0.3, -0.25) is 5.43 Å². The van der Waals surface area contributed by atoms with Crippen LogP contribution in [0.4, 0.5) is 0 Å². The van der Waals surface area contributed by atoms with E-state index in [0.29, 0.717) is 6.04 Å². The fraction of sp³-hybridized carbons (Fsp3) is 0.467. The van der Waals surface area contributed by atoms with E-state index in [2.05, 4.69) is 55.1 Å². The van der Waals surface area contributed by atoms with Crippen LogP contribution in [-0.2, 0) is 6.54 Å². The zero-order valence-electron chi connectivity index (χ0n) is 11.2. The van der Waals surface area contributed by atoms with Crippen LogP contribution >= 0.6 is 0 Å². The molecule has 1 N–H and O–H groups in total. The molecule has 0 aromatic heterocycles. The van der Waals surface area contributed by atoms with E-state index in [1.165, 1.54) is 24.0 Å². The topological polar surface area (TPSA) is 15.3 Å². The van der Waals surface area contributed by atoms with E-state index in [4.69, 9.17) is 0 Å². The van der Waals surface area contributed by atoms with E-state index in [0.717, 1.165) is 6.54 Å². The van der Waals surface area contributed by atoms with Crippen molar-refractivity contribution in [2.75, 3.05) is 7.05 Å². The van der Waals surface area contributed by atoms with Crippen molar-refractivity contribution in [2.24, 2.45) is 0 Å². The smallest absolute Gasteiger partial charge is 0.0384 e. The Morgan fingerprint density at radius 2 is 2.06 bits per heavy atom. The number of benzene rings is 1. The highest BCUT2D eigenvalue weighted by molar-refractivity contribution is 5.47. The number of hydrogen-bond acceptors (Lipinski definition) is 2. The number of nitrogens with zero attached hydrogens (tertiary/aromatic N) is 1. The Morgan fingerprint density at radius 3 is 2.59 bits per heavy atom. The maximum Gasteiger partial charge on any atom is 0.0384 e. The molecule has 1 aromatic rings. The molecule has 1 rings (SSSR count). The van der Waals surface area contributed by atoms with Gasteiger partial charge in [-0.25, -0.2) is 5.01 Å². The van der Waals surface area contributed by atoms with Crippen molar-refractivity contribution in [2.45, 2.75) is 39.3 Å². The summed E-state index contributed by atoms with van der Waals surface area (Å²) in [7, 11) is 2.00. The van der Waals surface area contributed by atoms with Gasteiger partial charge in [0.25, 0.3) is 0 Å². The van der Waals surface area contributed by atoms with Gasteiger partial charge in [0, 0.05) is 12.6 Å². The van der Waals surface area contributed by atoms with Crippen LogP contribution in [-0.4, -0.2) is 18.1 Å². The zero-order chi connectivity index (χ0) is 12.7. The fourth-order valence-corrected chi connectivity index (χ4v) is 2.14. The van der Waals surface area contributed by atoms with Crippen LogP contribution in [0, 0.1) is 0 Å². The zero-order valence-corrected chi connectivity index (χ0v) is 11.2. The molecule has 0 aliphatic rings. The molecule has 0 spiro atoms. The van der Waals surface area contributed by atoms with Gasteiger partial charge >= 0.3 is 0 Å². The van der Waals surface area contributed by atoms with Crippen molar-refractivity contribution < 1.29 is 0 Å². The van der Waals surface area contributed by atoms with Crippen LogP contribution in [0.3, 0.4) is 0 Å². The van der Waals surface area contributed by atoms with Crippen molar-refractivity contribution in [1.82, 2.24) is 10.4 Å². The van der Waals surface area contributed by atoms with Gasteiger partial charge in [-0.15, -0.1) is 0 Å². The van der Waals surface area contributed by atoms with Gasteiger partial charge in [0.1, 0.15) is 0 Å². The summed E-state index contributed by atoms with van der Waals surface area (Å²) in [5.41, 5.74) is 5.80. The lowest BCUT2D eigenvalue weighted by molar-refractivity contribution is 0.121. The van der Waals surface area contributed by atoms with E-state index in [-0.39, 0.29) is 0 Å². The molecule has 2 nitrogen and oxygen atoms in total. The summed E-state index contributed by atoms with van der Waals surface area (Å²) in [4.78, 5) is 0. The lowest BCUT2D eigenvalue weighted by Gasteiger charge is -2.29. The highest BCUT2D eigenvalue weighted by Gasteiger charge is 2.13. The third-order valence-corrected chi connectivity index (χ3v) is 3.21. The molecule has 0 unspecified atom stereocenters. The summed E-state index contributed by atoms with van der Waals surface area (Å²) in [6.45, 7) is 9.21. The molecule has 0 atom stereocenters. The molecule has 2 heteroatoms. The van der Waals surface area contributed by atoms with Crippen molar-refractivity contribution in [3.63, 3.8) is 0 Å². The summed E-state index contributed by atoms with van der Waals surface area (Å²) in [6.07, 6.45) is 4.22. The van der Waals surface area contributed by atoms with Gasteiger partial charge in [-0.1, -0.05) is 50.8 Å². The van der Waals surface area contributed by atoms with Crippen molar-refractivity contribution in [3.05, 3.63) is 42.0 Å². The maximum atomic E-state index is 3.81. The van der Waals surface area contributed by atoms with Gasteiger partial charge in [0.05, 0.1) is 0 Å². The first-order chi connectivity index (χ1) is 8.24. The second-order valence-electron chi connectivity index (χ2n) is 4.27. The van der Waals surface area contributed by atoms with Gasteiger partial charge < -0.3 is 0 Å². The number of hydrazine groups is 1. The molecular weight excluding hydrogens is 208 g/mol. The molecule has 0 amide bonds. The summed E-state index contributed by atoms with van der Waals surface area (Å²) in [5, 5.41) is 2.31.